The number of unbranched alkanes of at least 4 members (excludes halogenated alkanes) is 1. The van der Waals surface area contributed by atoms with E-state index in [0.717, 1.165) is 13.1 Å². The lowest BCUT2D eigenvalue weighted by molar-refractivity contribution is 0.641. The zero-order valence-corrected chi connectivity index (χ0v) is 8.92. The lowest BCUT2D eigenvalue weighted by atomic mass is 10.1. The standard InChI is InChI=1S/C13H19N/c1-3-5-9-14-11-13-8-6-7-12(4-2)10-13/h4,6-8,10,14H,2-3,5,9,11H2,1H3. The molecular formula is C13H19N. The summed E-state index contributed by atoms with van der Waals surface area (Å²) < 4.78 is 0. The van der Waals surface area contributed by atoms with Crippen molar-refractivity contribution >= 4 is 6.08 Å². The Balaban J connectivity index is 2.38. The Morgan fingerprint density at radius 3 is 3.00 bits per heavy atom. The largest absolute Gasteiger partial charge is 0.313 e. The van der Waals surface area contributed by atoms with Gasteiger partial charge in [-0.25, -0.2) is 0 Å². The van der Waals surface area contributed by atoms with Crippen LogP contribution in [-0.4, -0.2) is 6.54 Å². The van der Waals surface area contributed by atoms with Crippen LogP contribution >= 0.6 is 0 Å². The van der Waals surface area contributed by atoms with E-state index in [1.165, 1.54) is 24.0 Å². The number of hydrogen-bond donors (Lipinski definition) is 1. The van der Waals surface area contributed by atoms with E-state index in [9.17, 15) is 0 Å². The van der Waals surface area contributed by atoms with Crippen molar-refractivity contribution in [1.29, 1.82) is 0 Å². The Kier molecular flexibility index (Phi) is 5.02. The Morgan fingerprint density at radius 2 is 2.29 bits per heavy atom. The van der Waals surface area contributed by atoms with Gasteiger partial charge < -0.3 is 5.32 Å². The topological polar surface area (TPSA) is 12.0 Å². The molecule has 0 saturated heterocycles. The Bertz CT molecular complexity index is 278. The second kappa shape index (κ2) is 6.39. The molecule has 1 rings (SSSR count). The molecule has 0 amide bonds. The normalized spacial score (nSPS) is 10.1. The zero-order valence-electron chi connectivity index (χ0n) is 8.92. The first-order chi connectivity index (χ1) is 6.86. The van der Waals surface area contributed by atoms with Crippen molar-refractivity contribution < 1.29 is 0 Å². The zero-order chi connectivity index (χ0) is 10.2. The van der Waals surface area contributed by atoms with E-state index in [1.54, 1.807) is 0 Å². The van der Waals surface area contributed by atoms with Crippen LogP contribution in [0.15, 0.2) is 30.8 Å². The summed E-state index contributed by atoms with van der Waals surface area (Å²) in [5.74, 6) is 0. The van der Waals surface area contributed by atoms with Gasteiger partial charge in [-0.1, -0.05) is 50.3 Å². The van der Waals surface area contributed by atoms with Crippen LogP contribution in [0.2, 0.25) is 0 Å². The fraction of sp³-hybridized carbons (Fsp3) is 0.385. The summed E-state index contributed by atoms with van der Waals surface area (Å²) in [5.41, 5.74) is 2.53. The molecule has 1 heteroatoms. The fourth-order valence-electron chi connectivity index (χ4n) is 1.36. The van der Waals surface area contributed by atoms with Gasteiger partial charge in [0, 0.05) is 6.54 Å². The van der Waals surface area contributed by atoms with Gasteiger partial charge in [-0.3, -0.25) is 0 Å². The van der Waals surface area contributed by atoms with E-state index in [-0.39, 0.29) is 0 Å². The summed E-state index contributed by atoms with van der Waals surface area (Å²) >= 11 is 0. The maximum Gasteiger partial charge on any atom is 0.0205 e. The molecule has 1 nitrogen and oxygen atoms in total. The first-order valence-electron chi connectivity index (χ1n) is 5.29. The van der Waals surface area contributed by atoms with E-state index in [2.05, 4.69) is 43.1 Å². The summed E-state index contributed by atoms with van der Waals surface area (Å²) in [6.45, 7) is 8.04. The van der Waals surface area contributed by atoms with Crippen molar-refractivity contribution in [1.82, 2.24) is 5.32 Å². The molecule has 1 aromatic carbocycles. The molecule has 0 heterocycles. The minimum absolute atomic E-state index is 0.960. The molecule has 0 aliphatic carbocycles. The SMILES string of the molecule is C=Cc1cccc(CNCCCC)c1. The Morgan fingerprint density at radius 1 is 1.43 bits per heavy atom. The van der Waals surface area contributed by atoms with Gasteiger partial charge in [0.2, 0.25) is 0 Å². The van der Waals surface area contributed by atoms with Gasteiger partial charge in [0.25, 0.3) is 0 Å². The summed E-state index contributed by atoms with van der Waals surface area (Å²) in [6, 6.07) is 8.47. The van der Waals surface area contributed by atoms with Crippen molar-refractivity contribution in [2.24, 2.45) is 0 Å². The number of benzene rings is 1. The van der Waals surface area contributed by atoms with Crippen LogP contribution < -0.4 is 5.32 Å². The van der Waals surface area contributed by atoms with Crippen LogP contribution in [0.3, 0.4) is 0 Å². The molecule has 0 aromatic heterocycles. The molecule has 0 saturated carbocycles. The van der Waals surface area contributed by atoms with Gasteiger partial charge in [0.15, 0.2) is 0 Å². The highest BCUT2D eigenvalue weighted by Gasteiger charge is 1.92. The summed E-state index contributed by atoms with van der Waals surface area (Å²) in [6.07, 6.45) is 4.39. The van der Waals surface area contributed by atoms with Crippen LogP contribution in [-0.2, 0) is 6.54 Å². The highest BCUT2D eigenvalue weighted by molar-refractivity contribution is 5.47. The smallest absolute Gasteiger partial charge is 0.0205 e. The number of hydrogen-bond acceptors (Lipinski definition) is 1. The third-order valence-corrected chi connectivity index (χ3v) is 2.22. The van der Waals surface area contributed by atoms with Gasteiger partial charge in [0.1, 0.15) is 0 Å². The lowest BCUT2D eigenvalue weighted by Gasteiger charge is -2.04. The molecular weight excluding hydrogens is 170 g/mol. The summed E-state index contributed by atoms with van der Waals surface area (Å²) in [5, 5.41) is 3.42. The molecule has 0 aliphatic rings. The monoisotopic (exact) mass is 189 g/mol. The first-order valence-corrected chi connectivity index (χ1v) is 5.29. The average Bonchev–Trinajstić information content (AvgIpc) is 2.25. The van der Waals surface area contributed by atoms with E-state index >= 15 is 0 Å². The molecule has 0 spiro atoms. The molecule has 14 heavy (non-hydrogen) atoms. The van der Waals surface area contributed by atoms with E-state index in [0.29, 0.717) is 0 Å². The number of nitrogens with one attached hydrogen (secondary N) is 1. The van der Waals surface area contributed by atoms with Crippen LogP contribution in [0.1, 0.15) is 30.9 Å². The maximum atomic E-state index is 3.76. The first kappa shape index (κ1) is 11.0. The van der Waals surface area contributed by atoms with Gasteiger partial charge in [-0.05, 0) is 24.1 Å². The van der Waals surface area contributed by atoms with Crippen molar-refractivity contribution in [3.63, 3.8) is 0 Å². The molecule has 0 aliphatic heterocycles. The molecule has 0 atom stereocenters. The van der Waals surface area contributed by atoms with Crippen LogP contribution in [0, 0.1) is 0 Å². The van der Waals surface area contributed by atoms with Crippen LogP contribution in [0.4, 0.5) is 0 Å². The van der Waals surface area contributed by atoms with E-state index < -0.39 is 0 Å². The minimum atomic E-state index is 0.960. The molecule has 76 valence electrons. The highest BCUT2D eigenvalue weighted by Crippen LogP contribution is 2.05. The van der Waals surface area contributed by atoms with Gasteiger partial charge in [0.05, 0.1) is 0 Å². The highest BCUT2D eigenvalue weighted by atomic mass is 14.8. The molecule has 0 bridgehead atoms. The number of rotatable bonds is 6. The van der Waals surface area contributed by atoms with Crippen molar-refractivity contribution in [3.8, 4) is 0 Å². The van der Waals surface area contributed by atoms with E-state index in [1.807, 2.05) is 6.08 Å². The predicted molar refractivity (Wildman–Crippen MR) is 63.1 cm³/mol. The summed E-state index contributed by atoms with van der Waals surface area (Å²) in [7, 11) is 0. The maximum absolute atomic E-state index is 3.76. The molecule has 0 radical (unpaired) electrons. The van der Waals surface area contributed by atoms with Crippen molar-refractivity contribution in [3.05, 3.63) is 42.0 Å². The Labute approximate surface area is 86.8 Å². The predicted octanol–water partition coefficient (Wildman–Crippen LogP) is 3.22. The molecule has 0 fully saturated rings. The van der Waals surface area contributed by atoms with Crippen LogP contribution in [0.25, 0.3) is 6.08 Å². The minimum Gasteiger partial charge on any atom is -0.313 e. The molecule has 1 N–H and O–H groups in total. The van der Waals surface area contributed by atoms with Gasteiger partial charge >= 0.3 is 0 Å². The quantitative estimate of drug-likeness (QED) is 0.677. The molecule has 0 unspecified atom stereocenters. The fourth-order valence-corrected chi connectivity index (χ4v) is 1.36. The lowest BCUT2D eigenvalue weighted by Crippen LogP contribution is -2.14. The van der Waals surface area contributed by atoms with Gasteiger partial charge in [-0.15, -0.1) is 0 Å². The average molecular weight is 189 g/mol. The second-order valence-electron chi connectivity index (χ2n) is 3.48. The van der Waals surface area contributed by atoms with Crippen LogP contribution in [0.5, 0.6) is 0 Å². The summed E-state index contributed by atoms with van der Waals surface area (Å²) in [4.78, 5) is 0. The van der Waals surface area contributed by atoms with Gasteiger partial charge in [-0.2, -0.15) is 0 Å². The third-order valence-electron chi connectivity index (χ3n) is 2.22. The third kappa shape index (κ3) is 3.75. The van der Waals surface area contributed by atoms with Crippen molar-refractivity contribution in [2.75, 3.05) is 6.54 Å². The van der Waals surface area contributed by atoms with Crippen molar-refractivity contribution in [2.45, 2.75) is 26.3 Å². The second-order valence-corrected chi connectivity index (χ2v) is 3.48. The Hall–Kier alpha value is -1.08. The van der Waals surface area contributed by atoms with E-state index in [4.69, 9.17) is 0 Å². The molecule has 1 aromatic rings.